The van der Waals surface area contributed by atoms with Gasteiger partial charge in [-0.2, -0.15) is 8.78 Å². The third-order valence-electron chi connectivity index (χ3n) is 8.65. The molecule has 0 N–H and O–H groups in total. The van der Waals surface area contributed by atoms with Gasteiger partial charge < -0.3 is 4.74 Å². The van der Waals surface area contributed by atoms with Crippen molar-refractivity contribution in [2.24, 2.45) is 11.8 Å². The topological polar surface area (TPSA) is 9.23 Å². The normalized spacial score (nSPS) is 23.7. The first kappa shape index (κ1) is 28.5. The lowest BCUT2D eigenvalue weighted by Gasteiger charge is -2.33. The summed E-state index contributed by atoms with van der Waals surface area (Å²) >= 11 is 0. The van der Waals surface area contributed by atoms with Gasteiger partial charge in [-0.3, -0.25) is 0 Å². The molecule has 0 amide bonds. The first-order valence-corrected chi connectivity index (χ1v) is 13.8. The Kier molecular flexibility index (Phi) is 8.16. The van der Waals surface area contributed by atoms with Crippen LogP contribution in [0.15, 0.2) is 48.5 Å². The second-order valence-electron chi connectivity index (χ2n) is 11.3. The first-order valence-electron chi connectivity index (χ1n) is 13.8. The Morgan fingerprint density at radius 3 is 1.88 bits per heavy atom. The highest BCUT2D eigenvalue weighted by Gasteiger charge is 2.44. The first-order chi connectivity index (χ1) is 19.0. The molecule has 0 aliphatic heterocycles. The summed E-state index contributed by atoms with van der Waals surface area (Å²) in [4.78, 5) is 0. The third-order valence-corrected chi connectivity index (χ3v) is 8.65. The standard InChI is InChI=1S/C32H31F7O/c1-18-2-4-19(5-3-18)21-8-12-26(27(33)14-21)22-9-13-25(28(34)15-22)20-6-10-23(11-7-20)32(38,39)40-24-16-29(35)31(37)30(36)17-24/h8-9,12-20,23H,2-7,10-11H2,1H3. The second kappa shape index (κ2) is 11.5. The average molecular weight is 565 g/mol. The molecule has 3 aromatic carbocycles. The summed E-state index contributed by atoms with van der Waals surface area (Å²) in [6, 6.07) is 10.5. The van der Waals surface area contributed by atoms with Crippen LogP contribution in [0.25, 0.3) is 11.1 Å². The summed E-state index contributed by atoms with van der Waals surface area (Å²) in [6.07, 6.45) is 1.04. The van der Waals surface area contributed by atoms with Crippen molar-refractivity contribution in [3.05, 3.63) is 88.7 Å². The lowest BCUT2D eigenvalue weighted by Crippen LogP contribution is -2.37. The van der Waals surface area contributed by atoms with E-state index < -0.39 is 46.9 Å². The zero-order chi connectivity index (χ0) is 28.6. The van der Waals surface area contributed by atoms with Crippen LogP contribution in [0.1, 0.15) is 81.3 Å². The Morgan fingerprint density at radius 2 is 1.27 bits per heavy atom. The van der Waals surface area contributed by atoms with Crippen LogP contribution in [-0.2, 0) is 0 Å². The molecule has 0 heterocycles. The molecule has 0 spiro atoms. The Hall–Kier alpha value is -3.03. The van der Waals surface area contributed by atoms with Crippen molar-refractivity contribution >= 4 is 0 Å². The summed E-state index contributed by atoms with van der Waals surface area (Å²) < 4.78 is 104. The number of alkyl halides is 2. The van der Waals surface area contributed by atoms with Crippen molar-refractivity contribution in [2.75, 3.05) is 0 Å². The number of rotatable bonds is 6. The maximum absolute atomic E-state index is 15.2. The number of ether oxygens (including phenoxy) is 1. The number of hydrogen-bond acceptors (Lipinski definition) is 1. The minimum Gasteiger partial charge on any atom is -0.432 e. The monoisotopic (exact) mass is 564 g/mol. The summed E-state index contributed by atoms with van der Waals surface area (Å²) in [7, 11) is 0. The molecule has 0 atom stereocenters. The predicted molar refractivity (Wildman–Crippen MR) is 139 cm³/mol. The fourth-order valence-corrected chi connectivity index (χ4v) is 6.21. The largest absolute Gasteiger partial charge is 0.432 e. The quantitative estimate of drug-likeness (QED) is 0.214. The van der Waals surface area contributed by atoms with Gasteiger partial charge >= 0.3 is 6.11 Å². The molecule has 2 aliphatic carbocycles. The van der Waals surface area contributed by atoms with Crippen LogP contribution in [0, 0.1) is 40.9 Å². The van der Waals surface area contributed by atoms with Gasteiger partial charge in [0.25, 0.3) is 0 Å². The van der Waals surface area contributed by atoms with Crippen LogP contribution >= 0.6 is 0 Å². The van der Waals surface area contributed by atoms with Crippen molar-refractivity contribution in [1.82, 2.24) is 0 Å². The van der Waals surface area contributed by atoms with Crippen molar-refractivity contribution in [3.63, 3.8) is 0 Å². The fraction of sp³-hybridized carbons (Fsp3) is 0.438. The molecule has 2 fully saturated rings. The van der Waals surface area contributed by atoms with Crippen molar-refractivity contribution in [2.45, 2.75) is 76.2 Å². The van der Waals surface area contributed by atoms with Gasteiger partial charge in [0.1, 0.15) is 17.4 Å². The number of hydrogen-bond donors (Lipinski definition) is 0. The van der Waals surface area contributed by atoms with Crippen molar-refractivity contribution < 1.29 is 35.5 Å². The van der Waals surface area contributed by atoms with Crippen LogP contribution < -0.4 is 4.74 Å². The van der Waals surface area contributed by atoms with E-state index in [1.165, 1.54) is 6.07 Å². The second-order valence-corrected chi connectivity index (χ2v) is 11.3. The van der Waals surface area contributed by atoms with E-state index in [0.29, 0.717) is 40.7 Å². The highest BCUT2D eigenvalue weighted by atomic mass is 19.3. The molecule has 0 unspecified atom stereocenters. The molecule has 0 aromatic heterocycles. The van der Waals surface area contributed by atoms with Gasteiger partial charge in [0, 0.05) is 17.7 Å². The summed E-state index contributed by atoms with van der Waals surface area (Å²) in [5, 5.41) is 0. The van der Waals surface area contributed by atoms with Gasteiger partial charge in [-0.15, -0.1) is 0 Å². The molecule has 0 saturated heterocycles. The maximum atomic E-state index is 15.2. The van der Waals surface area contributed by atoms with Gasteiger partial charge in [-0.1, -0.05) is 44.0 Å². The SMILES string of the molecule is CC1CCC(c2ccc(-c3ccc(C4CCC(C(F)(F)Oc5cc(F)c(F)c(F)c5)CC4)c(F)c3)c(F)c2)CC1. The molecule has 40 heavy (non-hydrogen) atoms. The molecule has 1 nitrogen and oxygen atoms in total. The molecule has 2 aliphatic rings. The molecule has 0 radical (unpaired) electrons. The third kappa shape index (κ3) is 6.01. The van der Waals surface area contributed by atoms with E-state index in [1.54, 1.807) is 24.3 Å². The van der Waals surface area contributed by atoms with Crippen LogP contribution in [0.3, 0.4) is 0 Å². The minimum atomic E-state index is -3.75. The van der Waals surface area contributed by atoms with Gasteiger partial charge in [0.05, 0.1) is 5.92 Å². The number of benzene rings is 3. The van der Waals surface area contributed by atoms with Gasteiger partial charge in [-0.25, -0.2) is 22.0 Å². The zero-order valence-electron chi connectivity index (χ0n) is 22.1. The van der Waals surface area contributed by atoms with Crippen molar-refractivity contribution in [3.8, 4) is 16.9 Å². The average Bonchev–Trinajstić information content (AvgIpc) is 2.92. The molecule has 2 saturated carbocycles. The highest BCUT2D eigenvalue weighted by Crippen LogP contribution is 2.44. The molecule has 3 aromatic rings. The van der Waals surface area contributed by atoms with Crippen LogP contribution in [0.5, 0.6) is 5.75 Å². The van der Waals surface area contributed by atoms with E-state index in [-0.39, 0.29) is 31.6 Å². The maximum Gasteiger partial charge on any atom is 0.400 e. The lowest BCUT2D eigenvalue weighted by atomic mass is 9.77. The fourth-order valence-electron chi connectivity index (χ4n) is 6.21. The minimum absolute atomic E-state index is 0.0128. The van der Waals surface area contributed by atoms with E-state index in [1.807, 2.05) is 6.07 Å². The van der Waals surface area contributed by atoms with E-state index in [0.717, 1.165) is 31.2 Å². The van der Waals surface area contributed by atoms with E-state index in [4.69, 9.17) is 0 Å². The summed E-state index contributed by atoms with van der Waals surface area (Å²) in [5.74, 6) is -7.28. The smallest absolute Gasteiger partial charge is 0.400 e. The predicted octanol–water partition coefficient (Wildman–Crippen LogP) is 10.3. The van der Waals surface area contributed by atoms with Gasteiger partial charge in [-0.05, 0) is 85.1 Å². The molecule has 5 rings (SSSR count). The summed E-state index contributed by atoms with van der Waals surface area (Å²) in [6.45, 7) is 2.23. The Bertz CT molecular complexity index is 1330. The molecule has 214 valence electrons. The van der Waals surface area contributed by atoms with Crippen LogP contribution in [-0.4, -0.2) is 6.11 Å². The Labute approximate surface area is 229 Å². The Balaban J connectivity index is 1.23. The Morgan fingerprint density at radius 1 is 0.650 bits per heavy atom. The van der Waals surface area contributed by atoms with E-state index >= 15 is 8.78 Å². The van der Waals surface area contributed by atoms with Crippen LogP contribution in [0.4, 0.5) is 30.7 Å². The lowest BCUT2D eigenvalue weighted by molar-refractivity contribution is -0.222. The molecule has 0 bridgehead atoms. The van der Waals surface area contributed by atoms with Crippen molar-refractivity contribution in [1.29, 1.82) is 0 Å². The van der Waals surface area contributed by atoms with Crippen LogP contribution in [0.2, 0.25) is 0 Å². The molecular formula is C32H31F7O. The molecular weight excluding hydrogens is 533 g/mol. The van der Waals surface area contributed by atoms with E-state index in [9.17, 15) is 22.0 Å². The molecule has 8 heteroatoms. The van der Waals surface area contributed by atoms with Gasteiger partial charge in [0.15, 0.2) is 17.5 Å². The summed E-state index contributed by atoms with van der Waals surface area (Å²) in [5.41, 5.74) is 2.07. The van der Waals surface area contributed by atoms with Gasteiger partial charge in [0.2, 0.25) is 0 Å². The van der Waals surface area contributed by atoms with E-state index in [2.05, 4.69) is 11.7 Å². The highest BCUT2D eigenvalue weighted by molar-refractivity contribution is 5.65. The zero-order valence-corrected chi connectivity index (χ0v) is 22.1. The number of halogens is 7.